The highest BCUT2D eigenvalue weighted by Crippen LogP contribution is 2.16. The number of aryl methyl sites for hydroxylation is 1. The van der Waals surface area contributed by atoms with E-state index in [-0.39, 0.29) is 11.0 Å². The number of aromatic nitrogens is 2. The van der Waals surface area contributed by atoms with Crippen molar-refractivity contribution in [3.63, 3.8) is 0 Å². The van der Waals surface area contributed by atoms with Gasteiger partial charge in [0, 0.05) is 18.7 Å². The van der Waals surface area contributed by atoms with Gasteiger partial charge in [-0.3, -0.25) is 4.57 Å². The lowest BCUT2D eigenvalue weighted by molar-refractivity contribution is 0.590. The van der Waals surface area contributed by atoms with Crippen LogP contribution in [-0.2, 0) is 6.54 Å². The van der Waals surface area contributed by atoms with Gasteiger partial charge in [0.1, 0.15) is 11.3 Å². The zero-order valence-corrected chi connectivity index (χ0v) is 7.47. The summed E-state index contributed by atoms with van der Waals surface area (Å²) in [6, 6.07) is 1.89. The van der Waals surface area contributed by atoms with Gasteiger partial charge in [0.15, 0.2) is 5.82 Å². The van der Waals surface area contributed by atoms with Crippen molar-refractivity contribution in [2.45, 2.75) is 13.5 Å². The van der Waals surface area contributed by atoms with Gasteiger partial charge in [0.05, 0.1) is 5.52 Å². The molecule has 14 heavy (non-hydrogen) atoms. The lowest BCUT2D eigenvalue weighted by atomic mass is 10.3. The third-order valence-electron chi connectivity index (χ3n) is 2.12. The summed E-state index contributed by atoms with van der Waals surface area (Å²) in [7, 11) is 0. The Morgan fingerprint density at radius 1 is 1.43 bits per heavy atom. The van der Waals surface area contributed by atoms with Gasteiger partial charge >= 0.3 is 5.69 Å². The van der Waals surface area contributed by atoms with Crippen LogP contribution < -0.4 is 5.69 Å². The molecule has 0 aliphatic heterocycles. The van der Waals surface area contributed by atoms with Crippen LogP contribution in [0.1, 0.15) is 6.92 Å². The molecule has 0 spiro atoms. The Labute approximate surface area is 78.0 Å². The minimum Gasteiger partial charge on any atom is -0.303 e. The Balaban J connectivity index is 2.95. The smallest absolute Gasteiger partial charge is 0.303 e. The Morgan fingerprint density at radius 2 is 2.14 bits per heavy atom. The Kier molecular flexibility index (Phi) is 1.87. The Bertz CT molecular complexity index is 541. The van der Waals surface area contributed by atoms with Gasteiger partial charge in [-0.1, -0.05) is 0 Å². The van der Waals surface area contributed by atoms with Gasteiger partial charge in [-0.25, -0.2) is 13.6 Å². The SMILES string of the molecule is CCn1c(=O)[nH]c2c(F)cc(F)cc21. The molecule has 1 aromatic carbocycles. The number of nitrogens with zero attached hydrogens (tertiary/aromatic N) is 1. The van der Waals surface area contributed by atoms with Crippen LogP contribution in [0.2, 0.25) is 0 Å². The molecule has 1 aromatic heterocycles. The van der Waals surface area contributed by atoms with Gasteiger partial charge < -0.3 is 4.98 Å². The molecule has 3 nitrogen and oxygen atoms in total. The van der Waals surface area contributed by atoms with Gasteiger partial charge in [0.25, 0.3) is 0 Å². The van der Waals surface area contributed by atoms with Crippen LogP contribution in [0.5, 0.6) is 0 Å². The van der Waals surface area contributed by atoms with Crippen LogP contribution in [0.15, 0.2) is 16.9 Å². The van der Waals surface area contributed by atoms with E-state index in [2.05, 4.69) is 4.98 Å². The zero-order chi connectivity index (χ0) is 10.3. The van der Waals surface area contributed by atoms with Crippen LogP contribution >= 0.6 is 0 Å². The number of hydrogen-bond donors (Lipinski definition) is 1. The third-order valence-corrected chi connectivity index (χ3v) is 2.12. The molecule has 0 fully saturated rings. The molecule has 0 unspecified atom stereocenters. The van der Waals surface area contributed by atoms with E-state index >= 15 is 0 Å². The number of nitrogens with one attached hydrogen (secondary N) is 1. The fraction of sp³-hybridized carbons (Fsp3) is 0.222. The van der Waals surface area contributed by atoms with Gasteiger partial charge in [0.2, 0.25) is 0 Å². The van der Waals surface area contributed by atoms with E-state index in [4.69, 9.17) is 0 Å². The Hall–Kier alpha value is -1.65. The number of imidazole rings is 1. The normalized spacial score (nSPS) is 11.1. The molecule has 0 aliphatic rings. The zero-order valence-electron chi connectivity index (χ0n) is 7.47. The standard InChI is InChI=1S/C9H8F2N2O/c1-2-13-7-4-5(10)3-6(11)8(7)12-9(13)14/h3-4H,2H2,1H3,(H,12,14). The average Bonchev–Trinajstić information content (AvgIpc) is 2.41. The summed E-state index contributed by atoms with van der Waals surface area (Å²) >= 11 is 0. The van der Waals surface area contributed by atoms with Crippen molar-refractivity contribution in [3.05, 3.63) is 34.3 Å². The van der Waals surface area contributed by atoms with E-state index in [1.807, 2.05) is 0 Å². The average molecular weight is 198 g/mol. The van der Waals surface area contributed by atoms with E-state index < -0.39 is 17.3 Å². The van der Waals surface area contributed by atoms with Crippen LogP contribution in [0.3, 0.4) is 0 Å². The molecular weight excluding hydrogens is 190 g/mol. The van der Waals surface area contributed by atoms with Gasteiger partial charge in [-0.2, -0.15) is 0 Å². The first-order valence-electron chi connectivity index (χ1n) is 4.21. The second kappa shape index (κ2) is 2.94. The molecule has 0 aliphatic carbocycles. The first kappa shape index (κ1) is 8.93. The molecule has 2 rings (SSSR count). The summed E-state index contributed by atoms with van der Waals surface area (Å²) in [5.41, 5.74) is -0.111. The Morgan fingerprint density at radius 3 is 2.79 bits per heavy atom. The van der Waals surface area contributed by atoms with Crippen molar-refractivity contribution in [1.29, 1.82) is 0 Å². The molecule has 1 N–H and O–H groups in total. The first-order chi connectivity index (χ1) is 6.63. The number of rotatable bonds is 1. The van der Waals surface area contributed by atoms with E-state index in [1.54, 1.807) is 6.92 Å². The van der Waals surface area contributed by atoms with Crippen molar-refractivity contribution < 1.29 is 8.78 Å². The van der Waals surface area contributed by atoms with Crippen LogP contribution in [0.4, 0.5) is 8.78 Å². The molecule has 0 radical (unpaired) electrons. The van der Waals surface area contributed by atoms with Gasteiger partial charge in [-0.05, 0) is 6.92 Å². The molecule has 1 heterocycles. The maximum atomic E-state index is 13.2. The third kappa shape index (κ3) is 1.13. The largest absolute Gasteiger partial charge is 0.326 e. The highest BCUT2D eigenvalue weighted by Gasteiger charge is 2.10. The molecular formula is C9H8F2N2O. The number of aromatic amines is 1. The molecule has 2 aromatic rings. The van der Waals surface area contributed by atoms with Crippen molar-refractivity contribution in [2.24, 2.45) is 0 Å². The minimum absolute atomic E-state index is 0.0539. The maximum Gasteiger partial charge on any atom is 0.326 e. The highest BCUT2D eigenvalue weighted by molar-refractivity contribution is 5.75. The molecule has 74 valence electrons. The summed E-state index contributed by atoms with van der Waals surface area (Å²) in [5, 5.41) is 0. The van der Waals surface area contributed by atoms with E-state index in [1.165, 1.54) is 4.57 Å². The predicted octanol–water partition coefficient (Wildman–Crippen LogP) is 1.63. The number of halogens is 2. The number of fused-ring (bicyclic) bond motifs is 1. The lowest BCUT2D eigenvalue weighted by Crippen LogP contribution is -2.14. The van der Waals surface area contributed by atoms with E-state index in [0.717, 1.165) is 12.1 Å². The number of H-pyrrole nitrogens is 1. The second-order valence-electron chi connectivity index (χ2n) is 2.96. The number of hydrogen-bond acceptors (Lipinski definition) is 1. The minimum atomic E-state index is -0.746. The molecule has 0 amide bonds. The van der Waals surface area contributed by atoms with Crippen LogP contribution in [0.25, 0.3) is 11.0 Å². The van der Waals surface area contributed by atoms with Crippen molar-refractivity contribution in [3.8, 4) is 0 Å². The summed E-state index contributed by atoms with van der Waals surface area (Å²) in [6.45, 7) is 2.11. The summed E-state index contributed by atoms with van der Waals surface area (Å²) in [6.07, 6.45) is 0. The molecule has 0 saturated heterocycles. The molecule has 0 saturated carbocycles. The van der Waals surface area contributed by atoms with E-state index in [0.29, 0.717) is 6.54 Å². The topological polar surface area (TPSA) is 37.8 Å². The van der Waals surface area contributed by atoms with Gasteiger partial charge in [-0.15, -0.1) is 0 Å². The van der Waals surface area contributed by atoms with Crippen molar-refractivity contribution in [1.82, 2.24) is 9.55 Å². The highest BCUT2D eigenvalue weighted by atomic mass is 19.1. The summed E-state index contributed by atoms with van der Waals surface area (Å²) in [4.78, 5) is 13.6. The lowest BCUT2D eigenvalue weighted by Gasteiger charge is -1.97. The fourth-order valence-electron chi connectivity index (χ4n) is 1.49. The van der Waals surface area contributed by atoms with Crippen LogP contribution in [-0.4, -0.2) is 9.55 Å². The fourth-order valence-corrected chi connectivity index (χ4v) is 1.49. The first-order valence-corrected chi connectivity index (χ1v) is 4.21. The molecule has 0 bridgehead atoms. The number of benzene rings is 1. The molecule has 0 atom stereocenters. The predicted molar refractivity (Wildman–Crippen MR) is 48.1 cm³/mol. The van der Waals surface area contributed by atoms with Crippen molar-refractivity contribution >= 4 is 11.0 Å². The summed E-state index contributed by atoms with van der Waals surface area (Å²) in [5.74, 6) is -1.43. The quantitative estimate of drug-likeness (QED) is 0.742. The van der Waals surface area contributed by atoms with Crippen LogP contribution in [0, 0.1) is 11.6 Å². The van der Waals surface area contributed by atoms with Crippen molar-refractivity contribution in [2.75, 3.05) is 0 Å². The maximum absolute atomic E-state index is 13.2. The van der Waals surface area contributed by atoms with E-state index in [9.17, 15) is 13.6 Å². The molecule has 5 heteroatoms. The second-order valence-corrected chi connectivity index (χ2v) is 2.96. The monoisotopic (exact) mass is 198 g/mol. The summed E-state index contributed by atoms with van der Waals surface area (Å²) < 4.78 is 27.3.